The number of hydrogen-bond donors (Lipinski definition) is 3. The van der Waals surface area contributed by atoms with Crippen LogP contribution in [-0.4, -0.2) is 34.9 Å². The topological polar surface area (TPSA) is 105 Å². The molecular weight excluding hydrogens is 497 g/mol. The second kappa shape index (κ2) is 12.3. The molecule has 0 atom stereocenters. The zero-order chi connectivity index (χ0) is 27.0. The Labute approximate surface area is 226 Å². The minimum absolute atomic E-state index is 0.00465. The second-order valence-electron chi connectivity index (χ2n) is 9.39. The van der Waals surface area contributed by atoms with Gasteiger partial charge in [0.15, 0.2) is 11.4 Å². The first kappa shape index (κ1) is 26.1. The van der Waals surface area contributed by atoms with E-state index in [2.05, 4.69) is 20.9 Å². The van der Waals surface area contributed by atoms with Crippen molar-refractivity contribution in [3.05, 3.63) is 95.1 Å². The number of aromatic nitrogens is 2. The minimum Gasteiger partial charge on any atom is -0.484 e. The molecule has 2 aromatic carbocycles. The third-order valence-corrected chi connectivity index (χ3v) is 6.60. The SMILES string of the molecule is O=C1NCCCCCCNc2nc(c(OCc3ccccc3)c3ncccc23)C(=O)NCc2ccc(F)cc21. The van der Waals surface area contributed by atoms with E-state index in [4.69, 9.17) is 9.72 Å². The summed E-state index contributed by atoms with van der Waals surface area (Å²) in [6.45, 7) is 1.39. The number of amides is 2. The summed E-state index contributed by atoms with van der Waals surface area (Å²) in [7, 11) is 0. The number of nitrogens with zero attached hydrogens (tertiary/aromatic N) is 2. The fourth-order valence-electron chi connectivity index (χ4n) is 4.55. The summed E-state index contributed by atoms with van der Waals surface area (Å²) in [4.78, 5) is 35.6. The molecule has 8 nitrogen and oxygen atoms in total. The van der Waals surface area contributed by atoms with Gasteiger partial charge in [0.25, 0.3) is 11.8 Å². The smallest absolute Gasteiger partial charge is 0.274 e. The molecule has 0 spiro atoms. The van der Waals surface area contributed by atoms with Crippen molar-refractivity contribution in [1.29, 1.82) is 0 Å². The number of benzene rings is 2. The highest BCUT2D eigenvalue weighted by atomic mass is 19.1. The lowest BCUT2D eigenvalue weighted by Gasteiger charge is -2.17. The molecule has 1 aliphatic heterocycles. The standard InChI is InChI=1S/C30H30FN5O3/c31-22-13-12-21-18-35-30(38)26-27(39-19-20-9-4-3-5-10-20)25-23(11-8-16-32-25)28(36-26)33-14-6-1-2-7-15-34-29(37)24(21)17-22/h3-5,8-13,16-17H,1-2,6-7,14-15,18-19H2,(H,33,36)(H,34,37)(H,35,38). The van der Waals surface area contributed by atoms with Crippen LogP contribution in [0.3, 0.4) is 0 Å². The first-order valence-electron chi connectivity index (χ1n) is 13.1. The number of hydrogen-bond acceptors (Lipinski definition) is 6. The van der Waals surface area contributed by atoms with Crippen LogP contribution in [-0.2, 0) is 13.2 Å². The highest BCUT2D eigenvalue weighted by Crippen LogP contribution is 2.32. The molecule has 0 saturated carbocycles. The number of anilines is 1. The van der Waals surface area contributed by atoms with Crippen LogP contribution in [0.4, 0.5) is 10.2 Å². The van der Waals surface area contributed by atoms with Crippen LogP contribution >= 0.6 is 0 Å². The molecule has 4 aromatic rings. The van der Waals surface area contributed by atoms with Crippen LogP contribution in [0.15, 0.2) is 66.9 Å². The Morgan fingerprint density at radius 3 is 2.46 bits per heavy atom. The van der Waals surface area contributed by atoms with Crippen molar-refractivity contribution in [2.24, 2.45) is 0 Å². The third-order valence-electron chi connectivity index (χ3n) is 6.60. The van der Waals surface area contributed by atoms with Gasteiger partial charge in [-0.3, -0.25) is 14.6 Å². The van der Waals surface area contributed by atoms with Crippen molar-refractivity contribution >= 4 is 28.5 Å². The molecule has 39 heavy (non-hydrogen) atoms. The maximum Gasteiger partial charge on any atom is 0.274 e. The van der Waals surface area contributed by atoms with Crippen LogP contribution in [0, 0.1) is 5.82 Å². The van der Waals surface area contributed by atoms with Crippen molar-refractivity contribution in [3.63, 3.8) is 0 Å². The monoisotopic (exact) mass is 527 g/mol. The van der Waals surface area contributed by atoms with Gasteiger partial charge in [-0.1, -0.05) is 49.2 Å². The largest absolute Gasteiger partial charge is 0.484 e. The van der Waals surface area contributed by atoms with Gasteiger partial charge < -0.3 is 20.7 Å². The Hall–Kier alpha value is -4.53. The summed E-state index contributed by atoms with van der Waals surface area (Å²) in [5, 5.41) is 9.84. The lowest BCUT2D eigenvalue weighted by molar-refractivity contribution is 0.0929. The van der Waals surface area contributed by atoms with Crippen LogP contribution in [0.1, 0.15) is 57.7 Å². The third kappa shape index (κ3) is 6.31. The summed E-state index contributed by atoms with van der Waals surface area (Å²) >= 11 is 0. The second-order valence-corrected chi connectivity index (χ2v) is 9.39. The number of pyridine rings is 2. The average molecular weight is 528 g/mol. The highest BCUT2D eigenvalue weighted by Gasteiger charge is 2.23. The van der Waals surface area contributed by atoms with Crippen LogP contribution < -0.4 is 20.7 Å². The van der Waals surface area contributed by atoms with Gasteiger partial charge in [-0.15, -0.1) is 0 Å². The van der Waals surface area contributed by atoms with E-state index in [9.17, 15) is 14.0 Å². The molecule has 0 saturated heterocycles. The maximum absolute atomic E-state index is 14.0. The van der Waals surface area contributed by atoms with E-state index >= 15 is 0 Å². The van der Waals surface area contributed by atoms with Gasteiger partial charge >= 0.3 is 0 Å². The molecule has 0 unspecified atom stereocenters. The molecule has 200 valence electrons. The Morgan fingerprint density at radius 1 is 0.846 bits per heavy atom. The lowest BCUT2D eigenvalue weighted by atomic mass is 10.1. The van der Waals surface area contributed by atoms with E-state index in [1.54, 1.807) is 6.20 Å². The van der Waals surface area contributed by atoms with Gasteiger partial charge in [0.2, 0.25) is 0 Å². The van der Waals surface area contributed by atoms with Crippen molar-refractivity contribution in [2.75, 3.05) is 18.4 Å². The molecule has 2 bridgehead atoms. The Kier molecular flexibility index (Phi) is 8.26. The highest BCUT2D eigenvalue weighted by molar-refractivity contribution is 6.04. The van der Waals surface area contributed by atoms with E-state index in [0.29, 0.717) is 30.0 Å². The Morgan fingerprint density at radius 2 is 1.64 bits per heavy atom. The van der Waals surface area contributed by atoms with Gasteiger partial charge in [0.05, 0.1) is 0 Å². The number of halogens is 1. The number of nitrogens with one attached hydrogen (secondary N) is 3. The lowest BCUT2D eigenvalue weighted by Crippen LogP contribution is -2.29. The fourth-order valence-corrected chi connectivity index (χ4v) is 4.55. The number of rotatable bonds is 3. The van der Waals surface area contributed by atoms with Gasteiger partial charge in [0.1, 0.15) is 23.8 Å². The van der Waals surface area contributed by atoms with E-state index in [1.807, 2.05) is 42.5 Å². The van der Waals surface area contributed by atoms with Gasteiger partial charge in [-0.2, -0.15) is 0 Å². The number of ether oxygens (including phenoxy) is 1. The summed E-state index contributed by atoms with van der Waals surface area (Å²) in [5.41, 5.74) is 2.22. The molecule has 0 aliphatic carbocycles. The molecule has 1 aliphatic rings. The zero-order valence-electron chi connectivity index (χ0n) is 21.5. The summed E-state index contributed by atoms with van der Waals surface area (Å²) in [5.74, 6) is -0.553. The quantitative estimate of drug-likeness (QED) is 0.347. The predicted octanol–water partition coefficient (Wildman–Crippen LogP) is 4.99. The molecular formula is C30H30FN5O3. The molecule has 5 rings (SSSR count). The molecule has 3 heterocycles. The normalized spacial score (nSPS) is 14.9. The maximum atomic E-state index is 14.0. The zero-order valence-corrected chi connectivity index (χ0v) is 21.5. The Bertz CT molecular complexity index is 1480. The van der Waals surface area contributed by atoms with Crippen LogP contribution in [0.2, 0.25) is 0 Å². The first-order valence-corrected chi connectivity index (χ1v) is 13.1. The first-order chi connectivity index (χ1) is 19.1. The van der Waals surface area contributed by atoms with E-state index < -0.39 is 11.7 Å². The van der Waals surface area contributed by atoms with Crippen LogP contribution in [0.5, 0.6) is 5.75 Å². The predicted molar refractivity (Wildman–Crippen MR) is 147 cm³/mol. The summed E-state index contributed by atoms with van der Waals surface area (Å²) in [6, 6.07) is 17.3. The summed E-state index contributed by atoms with van der Waals surface area (Å²) in [6.07, 6.45) is 5.25. The molecule has 2 aromatic heterocycles. The number of carbonyl (C=O) groups is 2. The van der Waals surface area contributed by atoms with E-state index in [0.717, 1.165) is 36.6 Å². The molecule has 0 fully saturated rings. The van der Waals surface area contributed by atoms with E-state index in [1.165, 1.54) is 18.2 Å². The fraction of sp³-hybridized carbons (Fsp3) is 0.267. The van der Waals surface area contributed by atoms with Crippen LogP contribution in [0.25, 0.3) is 10.9 Å². The van der Waals surface area contributed by atoms with Crippen molar-refractivity contribution in [1.82, 2.24) is 20.6 Å². The van der Waals surface area contributed by atoms with Gasteiger partial charge in [-0.05, 0) is 48.2 Å². The molecule has 2 amide bonds. The van der Waals surface area contributed by atoms with Gasteiger partial charge in [-0.25, -0.2) is 9.37 Å². The van der Waals surface area contributed by atoms with E-state index in [-0.39, 0.29) is 36.1 Å². The number of fused-ring (bicyclic) bond motifs is 5. The van der Waals surface area contributed by atoms with Crippen molar-refractivity contribution < 1.29 is 18.7 Å². The number of carbonyl (C=O) groups excluding carboxylic acids is 2. The average Bonchev–Trinajstić information content (AvgIpc) is 2.96. The van der Waals surface area contributed by atoms with Gasteiger partial charge in [0, 0.05) is 36.8 Å². The molecule has 9 heteroatoms. The minimum atomic E-state index is -0.518. The molecule has 0 radical (unpaired) electrons. The van der Waals surface area contributed by atoms with Crippen molar-refractivity contribution in [3.8, 4) is 5.75 Å². The van der Waals surface area contributed by atoms with Crippen molar-refractivity contribution in [2.45, 2.75) is 38.8 Å². The summed E-state index contributed by atoms with van der Waals surface area (Å²) < 4.78 is 20.2. The molecule has 3 N–H and O–H groups in total. The Balaban J connectivity index is 1.53.